The Morgan fingerprint density at radius 1 is 1.04 bits per heavy atom. The van der Waals surface area contributed by atoms with Crippen LogP contribution in [-0.2, 0) is 4.74 Å². The summed E-state index contributed by atoms with van der Waals surface area (Å²) in [4.78, 5) is 24.2. The summed E-state index contributed by atoms with van der Waals surface area (Å²) in [5.74, 6) is -0.0892. The van der Waals surface area contributed by atoms with E-state index in [0.29, 0.717) is 30.3 Å². The van der Waals surface area contributed by atoms with Crippen molar-refractivity contribution in [3.63, 3.8) is 0 Å². The van der Waals surface area contributed by atoms with E-state index in [-0.39, 0.29) is 23.0 Å². The molecule has 1 heterocycles. The molecule has 0 saturated heterocycles. The highest BCUT2D eigenvalue weighted by Gasteiger charge is 2.20. The Balaban J connectivity index is 1.70. The molecule has 0 unspecified atom stereocenters. The molecule has 0 N–H and O–H groups in total. The number of halogens is 1. The minimum atomic E-state index is -0.642. The van der Waals surface area contributed by atoms with Crippen molar-refractivity contribution < 1.29 is 23.8 Å². The smallest absolute Gasteiger partial charge is 0.338 e. The third-order valence-corrected chi connectivity index (χ3v) is 3.75. The van der Waals surface area contributed by atoms with E-state index < -0.39 is 5.97 Å². The van der Waals surface area contributed by atoms with Crippen LogP contribution < -0.4 is 9.47 Å². The van der Waals surface area contributed by atoms with Crippen LogP contribution in [0.25, 0.3) is 0 Å². The normalized spacial score (nSPS) is 13.0. The van der Waals surface area contributed by atoms with Crippen LogP contribution in [0.1, 0.15) is 27.1 Å². The minimum absolute atomic E-state index is 0.213. The maximum atomic E-state index is 12.2. The topological polar surface area (TPSA) is 61.8 Å². The van der Waals surface area contributed by atoms with Gasteiger partial charge in [0.1, 0.15) is 0 Å². The highest BCUT2D eigenvalue weighted by atomic mass is 35.5. The summed E-state index contributed by atoms with van der Waals surface area (Å²) in [5.41, 5.74) is 0.701. The van der Waals surface area contributed by atoms with Gasteiger partial charge in [-0.15, -0.1) is 0 Å². The lowest BCUT2D eigenvalue weighted by Gasteiger charge is -2.11. The first-order valence-electron chi connectivity index (χ1n) is 7.49. The number of rotatable bonds is 4. The van der Waals surface area contributed by atoms with Crippen LogP contribution in [0.2, 0.25) is 5.02 Å². The quantitative estimate of drug-likeness (QED) is 0.626. The van der Waals surface area contributed by atoms with Gasteiger partial charge in [-0.25, -0.2) is 4.79 Å². The Labute approximate surface area is 144 Å². The fraction of sp³-hybridized carbons (Fsp3) is 0.222. The van der Waals surface area contributed by atoms with Crippen LogP contribution in [0.3, 0.4) is 0 Å². The maximum absolute atomic E-state index is 12.2. The van der Waals surface area contributed by atoms with Gasteiger partial charge in [0.2, 0.25) is 0 Å². The van der Waals surface area contributed by atoms with Crippen LogP contribution in [-0.4, -0.2) is 31.6 Å². The van der Waals surface area contributed by atoms with Gasteiger partial charge in [0.15, 0.2) is 23.9 Å². The van der Waals surface area contributed by atoms with E-state index in [2.05, 4.69) is 0 Å². The third-order valence-electron chi connectivity index (χ3n) is 3.47. The average Bonchev–Trinajstić information content (AvgIpc) is 2.86. The molecular weight excluding hydrogens is 332 g/mol. The Kier molecular flexibility index (Phi) is 5.01. The summed E-state index contributed by atoms with van der Waals surface area (Å²) in [7, 11) is 0. The standard InChI is InChI=1S/C18H15ClO5/c19-14-9-13(10-16-17(14)23-8-4-7-22-16)18(21)24-11-15(20)12-5-2-1-3-6-12/h1-3,5-6,9-10H,4,7-8,11H2. The number of benzene rings is 2. The fourth-order valence-electron chi connectivity index (χ4n) is 2.27. The highest BCUT2D eigenvalue weighted by molar-refractivity contribution is 6.32. The summed E-state index contributed by atoms with van der Waals surface area (Å²) >= 11 is 6.14. The zero-order valence-electron chi connectivity index (χ0n) is 12.8. The van der Waals surface area contributed by atoms with Crippen LogP contribution in [0.4, 0.5) is 0 Å². The molecule has 24 heavy (non-hydrogen) atoms. The number of ketones is 1. The van der Waals surface area contributed by atoms with Gasteiger partial charge in [0, 0.05) is 12.0 Å². The molecule has 0 bridgehead atoms. The second kappa shape index (κ2) is 7.36. The summed E-state index contributed by atoms with van der Waals surface area (Å²) in [6, 6.07) is 11.6. The first-order chi connectivity index (χ1) is 11.6. The largest absolute Gasteiger partial charge is 0.489 e. The predicted molar refractivity (Wildman–Crippen MR) is 88.1 cm³/mol. The number of carbonyl (C=O) groups excluding carboxylic acids is 2. The van der Waals surface area contributed by atoms with Gasteiger partial charge in [0.25, 0.3) is 0 Å². The molecule has 6 heteroatoms. The van der Waals surface area contributed by atoms with Crippen molar-refractivity contribution in [3.05, 3.63) is 58.6 Å². The number of fused-ring (bicyclic) bond motifs is 1. The fourth-order valence-corrected chi connectivity index (χ4v) is 2.54. The SMILES string of the molecule is O=C(COC(=O)c1cc(Cl)c2c(c1)OCCCO2)c1ccccc1. The van der Waals surface area contributed by atoms with Gasteiger partial charge in [-0.3, -0.25) is 4.79 Å². The van der Waals surface area contributed by atoms with Crippen molar-refractivity contribution in [2.75, 3.05) is 19.8 Å². The Bertz CT molecular complexity index is 758. The minimum Gasteiger partial charge on any atom is -0.489 e. The number of carbonyl (C=O) groups is 2. The van der Waals surface area contributed by atoms with Crippen molar-refractivity contribution in [1.29, 1.82) is 0 Å². The lowest BCUT2D eigenvalue weighted by atomic mass is 10.1. The molecule has 0 spiro atoms. The number of Topliss-reactive ketones (excluding diaryl/α,β-unsaturated/α-hetero) is 1. The molecule has 124 valence electrons. The molecule has 3 rings (SSSR count). The van der Waals surface area contributed by atoms with Crippen molar-refractivity contribution in [2.24, 2.45) is 0 Å². The number of hydrogen-bond acceptors (Lipinski definition) is 5. The number of ether oxygens (including phenoxy) is 3. The second-order valence-corrected chi connectivity index (χ2v) is 5.61. The molecule has 0 fully saturated rings. The molecule has 1 aliphatic heterocycles. The van der Waals surface area contributed by atoms with Gasteiger partial charge in [-0.1, -0.05) is 41.9 Å². The van der Waals surface area contributed by atoms with Crippen LogP contribution in [0.5, 0.6) is 11.5 Å². The summed E-state index contributed by atoms with van der Waals surface area (Å²) < 4.78 is 16.1. The van der Waals surface area contributed by atoms with E-state index in [9.17, 15) is 9.59 Å². The molecular formula is C18H15ClO5. The average molecular weight is 347 g/mol. The number of hydrogen-bond donors (Lipinski definition) is 0. The summed E-state index contributed by atoms with van der Waals surface area (Å²) in [5, 5.41) is 0.274. The van der Waals surface area contributed by atoms with Crippen molar-refractivity contribution in [2.45, 2.75) is 6.42 Å². The van der Waals surface area contributed by atoms with E-state index >= 15 is 0 Å². The van der Waals surface area contributed by atoms with E-state index in [1.807, 2.05) is 6.07 Å². The molecule has 0 saturated carbocycles. The third kappa shape index (κ3) is 3.68. The molecule has 2 aromatic carbocycles. The van der Waals surface area contributed by atoms with Crippen molar-refractivity contribution in [3.8, 4) is 11.5 Å². The maximum Gasteiger partial charge on any atom is 0.338 e. The van der Waals surface area contributed by atoms with Crippen LogP contribution in [0.15, 0.2) is 42.5 Å². The lowest BCUT2D eigenvalue weighted by molar-refractivity contribution is 0.0474. The van der Waals surface area contributed by atoms with Gasteiger partial charge in [-0.2, -0.15) is 0 Å². The van der Waals surface area contributed by atoms with Gasteiger partial charge in [0.05, 0.1) is 23.8 Å². The molecule has 2 aromatic rings. The summed E-state index contributed by atoms with van der Waals surface area (Å²) in [6.07, 6.45) is 0.733. The Morgan fingerprint density at radius 2 is 1.79 bits per heavy atom. The van der Waals surface area contributed by atoms with E-state index in [0.717, 1.165) is 6.42 Å². The molecule has 0 atom stereocenters. The molecule has 0 aliphatic carbocycles. The van der Waals surface area contributed by atoms with Crippen LogP contribution in [0, 0.1) is 0 Å². The first kappa shape index (κ1) is 16.3. The zero-order chi connectivity index (χ0) is 16.9. The highest BCUT2D eigenvalue weighted by Crippen LogP contribution is 2.38. The molecule has 0 aromatic heterocycles. The second-order valence-electron chi connectivity index (χ2n) is 5.20. The Hall–Kier alpha value is -2.53. The monoisotopic (exact) mass is 346 g/mol. The lowest BCUT2D eigenvalue weighted by Crippen LogP contribution is -2.14. The molecule has 5 nitrogen and oxygen atoms in total. The van der Waals surface area contributed by atoms with E-state index in [1.54, 1.807) is 24.3 Å². The van der Waals surface area contributed by atoms with Gasteiger partial charge < -0.3 is 14.2 Å². The molecule has 1 aliphatic rings. The zero-order valence-corrected chi connectivity index (χ0v) is 13.5. The van der Waals surface area contributed by atoms with E-state index in [4.69, 9.17) is 25.8 Å². The van der Waals surface area contributed by atoms with Gasteiger partial charge in [-0.05, 0) is 12.1 Å². The van der Waals surface area contributed by atoms with Gasteiger partial charge >= 0.3 is 5.97 Å². The number of esters is 1. The summed E-state index contributed by atoms with van der Waals surface area (Å²) in [6.45, 7) is 0.644. The molecule has 0 amide bonds. The Morgan fingerprint density at radius 3 is 2.58 bits per heavy atom. The van der Waals surface area contributed by atoms with Crippen molar-refractivity contribution in [1.82, 2.24) is 0 Å². The first-order valence-corrected chi connectivity index (χ1v) is 7.87. The van der Waals surface area contributed by atoms with E-state index in [1.165, 1.54) is 12.1 Å². The predicted octanol–water partition coefficient (Wildman–Crippen LogP) is 3.54. The van der Waals surface area contributed by atoms with Crippen molar-refractivity contribution >= 4 is 23.4 Å². The molecule has 0 radical (unpaired) electrons. The van der Waals surface area contributed by atoms with Crippen LogP contribution >= 0.6 is 11.6 Å².